The molecule has 2 aromatic rings. The maximum absolute atomic E-state index is 12.2. The second kappa shape index (κ2) is 5.41. The van der Waals surface area contributed by atoms with Gasteiger partial charge in [-0.15, -0.1) is 11.3 Å². The van der Waals surface area contributed by atoms with Gasteiger partial charge in [0.2, 0.25) is 5.78 Å². The minimum Gasteiger partial charge on any atom is -0.288 e. The van der Waals surface area contributed by atoms with E-state index in [0.717, 1.165) is 3.79 Å². The maximum Gasteiger partial charge on any atom is 0.204 e. The van der Waals surface area contributed by atoms with E-state index in [0.29, 0.717) is 25.0 Å². The number of carbonyl (C=O) groups is 1. The van der Waals surface area contributed by atoms with E-state index in [1.807, 2.05) is 0 Å². The molecule has 0 N–H and O–H groups in total. The lowest BCUT2D eigenvalue weighted by atomic mass is 10.1. The van der Waals surface area contributed by atoms with E-state index in [1.165, 1.54) is 11.3 Å². The Hall–Kier alpha value is 0.130. The van der Waals surface area contributed by atoms with E-state index >= 15 is 0 Å². The zero-order valence-electron chi connectivity index (χ0n) is 8.14. The van der Waals surface area contributed by atoms with Gasteiger partial charge in [0.25, 0.3) is 0 Å². The summed E-state index contributed by atoms with van der Waals surface area (Å²) in [5.74, 6) is -0.131. The van der Waals surface area contributed by atoms with Gasteiger partial charge in [0.15, 0.2) is 0 Å². The molecule has 0 aliphatic carbocycles. The molecule has 17 heavy (non-hydrogen) atoms. The Morgan fingerprint density at radius 3 is 2.53 bits per heavy atom. The summed E-state index contributed by atoms with van der Waals surface area (Å²) in [5, 5.41) is 0.947. The summed E-state index contributed by atoms with van der Waals surface area (Å²) in [6, 6.07) is 6.89. The Bertz CT molecular complexity index is 576. The van der Waals surface area contributed by atoms with E-state index in [2.05, 4.69) is 31.9 Å². The Balaban J connectivity index is 2.47. The van der Waals surface area contributed by atoms with Gasteiger partial charge in [0.1, 0.15) is 0 Å². The van der Waals surface area contributed by atoms with Crippen LogP contribution < -0.4 is 0 Å². The van der Waals surface area contributed by atoms with Crippen LogP contribution in [0, 0.1) is 0 Å². The first kappa shape index (κ1) is 13.6. The number of ketones is 1. The van der Waals surface area contributed by atoms with Crippen molar-refractivity contribution in [2.75, 3.05) is 0 Å². The first-order chi connectivity index (χ1) is 8.00. The predicted octanol–water partition coefficient (Wildman–Crippen LogP) is 5.81. The summed E-state index contributed by atoms with van der Waals surface area (Å²) in [6.45, 7) is 0. The van der Waals surface area contributed by atoms with Crippen LogP contribution in [0.25, 0.3) is 0 Å². The van der Waals surface area contributed by atoms with Gasteiger partial charge >= 0.3 is 0 Å². The zero-order chi connectivity index (χ0) is 12.6. The number of benzene rings is 1. The zero-order valence-corrected chi connectivity index (χ0v) is 13.6. The molecule has 1 nitrogen and oxygen atoms in total. The number of halogens is 4. The van der Waals surface area contributed by atoms with Gasteiger partial charge in [-0.2, -0.15) is 0 Å². The van der Waals surface area contributed by atoms with Crippen LogP contribution in [-0.4, -0.2) is 5.78 Å². The van der Waals surface area contributed by atoms with Crippen molar-refractivity contribution in [2.24, 2.45) is 0 Å². The molecular formula is C11H4Br2Cl2OS. The van der Waals surface area contributed by atoms with E-state index < -0.39 is 0 Å². The second-order valence-corrected chi connectivity index (χ2v) is 7.17. The Kier molecular flexibility index (Phi) is 4.31. The number of hydrogen-bond acceptors (Lipinski definition) is 2. The smallest absolute Gasteiger partial charge is 0.204 e. The van der Waals surface area contributed by atoms with Crippen LogP contribution in [0.3, 0.4) is 0 Å². The lowest BCUT2D eigenvalue weighted by molar-refractivity contribution is 0.104. The molecule has 1 heterocycles. The summed E-state index contributed by atoms with van der Waals surface area (Å²) in [6.07, 6.45) is 0. The van der Waals surface area contributed by atoms with Crippen molar-refractivity contribution in [3.05, 3.63) is 53.0 Å². The van der Waals surface area contributed by atoms with Crippen LogP contribution in [-0.2, 0) is 0 Å². The summed E-state index contributed by atoms with van der Waals surface area (Å²) in [5.41, 5.74) is 0.464. The van der Waals surface area contributed by atoms with E-state index in [-0.39, 0.29) is 5.78 Å². The highest BCUT2D eigenvalue weighted by Crippen LogP contribution is 2.35. The van der Waals surface area contributed by atoms with Crippen LogP contribution in [0.5, 0.6) is 0 Å². The second-order valence-electron chi connectivity index (χ2n) is 3.16. The molecule has 0 atom stereocenters. The normalized spacial score (nSPS) is 10.6. The molecular weight excluding hydrogens is 411 g/mol. The monoisotopic (exact) mass is 412 g/mol. The van der Waals surface area contributed by atoms with Gasteiger partial charge < -0.3 is 0 Å². The van der Waals surface area contributed by atoms with Crippen LogP contribution in [0.4, 0.5) is 0 Å². The van der Waals surface area contributed by atoms with Gasteiger partial charge in [-0.1, -0.05) is 29.3 Å². The molecule has 2 rings (SSSR count). The highest BCUT2D eigenvalue weighted by atomic mass is 79.9. The number of carbonyl (C=O) groups excluding carboxylic acids is 1. The van der Waals surface area contributed by atoms with Crippen molar-refractivity contribution in [3.8, 4) is 0 Å². The molecule has 6 heteroatoms. The Morgan fingerprint density at radius 2 is 1.94 bits per heavy atom. The summed E-state index contributed by atoms with van der Waals surface area (Å²) < 4.78 is 1.44. The molecule has 0 aliphatic heterocycles. The summed E-state index contributed by atoms with van der Waals surface area (Å²) in [4.78, 5) is 12.8. The first-order valence-corrected chi connectivity index (χ1v) is 7.60. The molecule has 0 fully saturated rings. The molecule has 1 aromatic carbocycles. The molecule has 1 aromatic heterocycles. The van der Waals surface area contributed by atoms with Crippen molar-refractivity contribution in [1.82, 2.24) is 0 Å². The summed E-state index contributed by atoms with van der Waals surface area (Å²) in [7, 11) is 0. The lowest BCUT2D eigenvalue weighted by Gasteiger charge is -2.02. The highest BCUT2D eigenvalue weighted by molar-refractivity contribution is 9.11. The van der Waals surface area contributed by atoms with Gasteiger partial charge in [0, 0.05) is 10.0 Å². The fourth-order valence-electron chi connectivity index (χ4n) is 1.27. The number of rotatable bonds is 2. The minimum absolute atomic E-state index is 0.131. The Labute approximate surface area is 129 Å². The van der Waals surface area contributed by atoms with E-state index in [1.54, 1.807) is 24.3 Å². The largest absolute Gasteiger partial charge is 0.288 e. The molecule has 0 aliphatic rings. The fraction of sp³-hybridized carbons (Fsp3) is 0. The average molecular weight is 415 g/mol. The summed E-state index contributed by atoms with van der Waals surface area (Å²) >= 11 is 19.8. The number of hydrogen-bond donors (Lipinski definition) is 0. The molecule has 0 saturated heterocycles. The molecule has 88 valence electrons. The fourth-order valence-corrected chi connectivity index (χ4v) is 3.50. The van der Waals surface area contributed by atoms with Crippen LogP contribution in [0.2, 0.25) is 10.0 Å². The minimum atomic E-state index is -0.131. The molecule has 0 unspecified atom stereocenters. The van der Waals surface area contributed by atoms with Gasteiger partial charge in [0.05, 0.1) is 18.7 Å². The van der Waals surface area contributed by atoms with Crippen molar-refractivity contribution >= 4 is 72.2 Å². The van der Waals surface area contributed by atoms with Crippen LogP contribution >= 0.6 is 66.4 Å². The SMILES string of the molecule is O=C(c1cc(Cl)c(Br)s1)c1cccc(Br)c1Cl. The lowest BCUT2D eigenvalue weighted by Crippen LogP contribution is -1.99. The van der Waals surface area contributed by atoms with E-state index in [9.17, 15) is 4.79 Å². The van der Waals surface area contributed by atoms with Gasteiger partial charge in [-0.3, -0.25) is 4.79 Å². The third-order valence-corrected chi connectivity index (χ3v) is 5.83. The van der Waals surface area contributed by atoms with E-state index in [4.69, 9.17) is 23.2 Å². The average Bonchev–Trinajstić information content (AvgIpc) is 2.62. The quantitative estimate of drug-likeness (QED) is 0.566. The standard InChI is InChI=1S/C11H4Br2Cl2OS/c12-6-3-1-2-5(9(6)15)10(16)8-4-7(14)11(13)17-8/h1-4H. The van der Waals surface area contributed by atoms with Crippen molar-refractivity contribution < 1.29 is 4.79 Å². The highest BCUT2D eigenvalue weighted by Gasteiger charge is 2.17. The Morgan fingerprint density at radius 1 is 1.24 bits per heavy atom. The maximum atomic E-state index is 12.2. The molecule has 0 spiro atoms. The third-order valence-electron chi connectivity index (χ3n) is 2.07. The van der Waals surface area contributed by atoms with Gasteiger partial charge in [-0.25, -0.2) is 0 Å². The molecule has 0 amide bonds. The predicted molar refractivity (Wildman–Crippen MR) is 79.6 cm³/mol. The first-order valence-electron chi connectivity index (χ1n) is 4.44. The van der Waals surface area contributed by atoms with Crippen molar-refractivity contribution in [1.29, 1.82) is 0 Å². The van der Waals surface area contributed by atoms with Crippen LogP contribution in [0.15, 0.2) is 32.5 Å². The van der Waals surface area contributed by atoms with Crippen molar-refractivity contribution in [3.63, 3.8) is 0 Å². The van der Waals surface area contributed by atoms with Crippen molar-refractivity contribution in [2.45, 2.75) is 0 Å². The topological polar surface area (TPSA) is 17.1 Å². The molecule has 0 radical (unpaired) electrons. The van der Waals surface area contributed by atoms with Gasteiger partial charge in [-0.05, 0) is 50.1 Å². The third kappa shape index (κ3) is 2.76. The number of thiophene rings is 1. The van der Waals surface area contributed by atoms with Crippen LogP contribution in [0.1, 0.15) is 15.2 Å². The molecule has 0 bridgehead atoms. The molecule has 0 saturated carbocycles.